The van der Waals surface area contributed by atoms with E-state index in [1.165, 1.54) is 11.9 Å². The maximum atomic E-state index is 12.9. The van der Waals surface area contributed by atoms with Crippen LogP contribution in [0.4, 0.5) is 14.5 Å². The zero-order valence-electron chi connectivity index (χ0n) is 21.3. The average molecular weight is 618 g/mol. The summed E-state index contributed by atoms with van der Waals surface area (Å²) in [5, 5.41) is 25.3. The summed E-state index contributed by atoms with van der Waals surface area (Å²) >= 11 is 0.188. The fourth-order valence-electron chi connectivity index (χ4n) is 3.66. The third kappa shape index (κ3) is 6.96. The molecule has 2 fully saturated rings. The number of hydrogen-bond donors (Lipinski definition) is 3. The van der Waals surface area contributed by atoms with Crippen LogP contribution in [0.5, 0.6) is 0 Å². The number of fused-ring (bicyclic) bond motifs is 1. The summed E-state index contributed by atoms with van der Waals surface area (Å²) in [6, 6.07) is 4.29. The Bertz CT molecular complexity index is 1200. The number of nitrogens with zero attached hydrogens (tertiary/aromatic N) is 5. The molecule has 2 aromatic heterocycles. The van der Waals surface area contributed by atoms with Crippen molar-refractivity contribution in [2.24, 2.45) is 0 Å². The van der Waals surface area contributed by atoms with E-state index < -0.39 is 42.5 Å². The van der Waals surface area contributed by atoms with Gasteiger partial charge in [0, 0.05) is 0 Å². The predicted molar refractivity (Wildman–Crippen MR) is 146 cm³/mol. The van der Waals surface area contributed by atoms with Gasteiger partial charge in [0.05, 0.1) is 0 Å². The Morgan fingerprint density at radius 3 is 2.46 bits per heavy atom. The van der Waals surface area contributed by atoms with Crippen molar-refractivity contribution in [3.05, 3.63) is 24.3 Å². The fraction of sp³-hybridized carbons (Fsp3) is 0.565. The number of piperazine rings is 1. The number of aromatic nitrogens is 2. The van der Waals surface area contributed by atoms with Crippen LogP contribution in [0.1, 0.15) is 46.4 Å². The number of alkyl halides is 2. The molecule has 0 bridgehead atoms. The van der Waals surface area contributed by atoms with Gasteiger partial charge in [0.1, 0.15) is 0 Å². The summed E-state index contributed by atoms with van der Waals surface area (Å²) in [5.41, 5.74) is 1.07. The van der Waals surface area contributed by atoms with Crippen LogP contribution in [0.25, 0.3) is 5.52 Å². The minimum absolute atomic E-state index is 0.0474. The molecule has 202 valence electrons. The SMILES string of the molecule is CC.CC(C)S(=O)N1CCN(c2cc(SNC3(C#N)CC3)cn3c(C(=N)[Se]C(=N)C(F)F)ncc23)CC1. The molecule has 4 rings (SSSR count). The summed E-state index contributed by atoms with van der Waals surface area (Å²) < 4.78 is 44.4. The molecule has 9 nitrogen and oxygen atoms in total. The van der Waals surface area contributed by atoms with Crippen LogP contribution in [0.2, 0.25) is 0 Å². The van der Waals surface area contributed by atoms with E-state index in [1.807, 2.05) is 38.1 Å². The molecular weight excluding hydrogens is 585 g/mol. The van der Waals surface area contributed by atoms with Crippen LogP contribution < -0.4 is 9.62 Å². The van der Waals surface area contributed by atoms with Gasteiger partial charge in [0.25, 0.3) is 0 Å². The second-order valence-electron chi connectivity index (χ2n) is 8.63. The molecule has 37 heavy (non-hydrogen) atoms. The number of pyridine rings is 1. The van der Waals surface area contributed by atoms with Gasteiger partial charge in [-0.2, -0.15) is 0 Å². The van der Waals surface area contributed by atoms with Crippen molar-refractivity contribution >= 4 is 58.3 Å². The van der Waals surface area contributed by atoms with Gasteiger partial charge in [0.2, 0.25) is 0 Å². The second kappa shape index (κ2) is 12.8. The van der Waals surface area contributed by atoms with Crippen molar-refractivity contribution in [2.75, 3.05) is 31.1 Å². The Balaban J connectivity index is 0.00000186. The molecule has 1 unspecified atom stereocenters. The first-order valence-electron chi connectivity index (χ1n) is 12.0. The van der Waals surface area contributed by atoms with Crippen LogP contribution >= 0.6 is 11.9 Å². The minimum atomic E-state index is -2.89. The molecule has 1 aliphatic carbocycles. The Hall–Kier alpha value is -1.88. The standard InChI is InChI=1S/C21H26F2N8OS2Se.C2H6/c1-13(2)34(32)30-7-5-29(6-8-30)15-9-14(33-28-21(12-24)3-4-21)11-31-16(15)10-27-20(31)19(26)35-18(25)17(22)23;1-2/h9-11,13,17,25-26,28H,3-8H2,1-2H3;1-2H3. The van der Waals surface area contributed by atoms with E-state index in [9.17, 15) is 18.3 Å². The van der Waals surface area contributed by atoms with Gasteiger partial charge >= 0.3 is 216 Å². The summed E-state index contributed by atoms with van der Waals surface area (Å²) in [4.78, 5) is 7.32. The van der Waals surface area contributed by atoms with Crippen LogP contribution in [0, 0.1) is 22.1 Å². The molecule has 3 heterocycles. The molecule has 2 aromatic rings. The molecule has 2 aliphatic rings. The Morgan fingerprint density at radius 1 is 1.27 bits per heavy atom. The normalized spacial score (nSPS) is 17.9. The van der Waals surface area contributed by atoms with Gasteiger partial charge in [-0.3, -0.25) is 0 Å². The monoisotopic (exact) mass is 618 g/mol. The number of imidazole rings is 1. The zero-order chi connectivity index (χ0) is 27.3. The third-order valence-electron chi connectivity index (χ3n) is 5.77. The van der Waals surface area contributed by atoms with E-state index >= 15 is 0 Å². The third-order valence-corrected chi connectivity index (χ3v) is 10.1. The molecule has 1 saturated heterocycles. The van der Waals surface area contributed by atoms with Crippen molar-refractivity contribution in [1.29, 1.82) is 16.1 Å². The van der Waals surface area contributed by atoms with Crippen molar-refractivity contribution in [1.82, 2.24) is 18.4 Å². The molecule has 0 amide bonds. The number of anilines is 1. The Labute approximate surface area is 229 Å². The Kier molecular flexibility index (Phi) is 10.2. The summed E-state index contributed by atoms with van der Waals surface area (Å²) in [7, 11) is -1.04. The molecule has 0 aromatic carbocycles. The molecule has 1 aliphatic heterocycles. The van der Waals surface area contributed by atoms with Crippen molar-refractivity contribution in [3.63, 3.8) is 0 Å². The van der Waals surface area contributed by atoms with Gasteiger partial charge in [-0.15, -0.1) is 0 Å². The average Bonchev–Trinajstić information content (AvgIpc) is 3.57. The number of nitrogens with one attached hydrogen (secondary N) is 3. The molecule has 0 radical (unpaired) electrons. The van der Waals surface area contributed by atoms with E-state index in [1.54, 1.807) is 16.8 Å². The van der Waals surface area contributed by atoms with Crippen LogP contribution in [0.15, 0.2) is 23.4 Å². The van der Waals surface area contributed by atoms with Crippen LogP contribution in [0.3, 0.4) is 0 Å². The van der Waals surface area contributed by atoms with Gasteiger partial charge in [-0.1, -0.05) is 13.8 Å². The van der Waals surface area contributed by atoms with Crippen molar-refractivity contribution in [2.45, 2.75) is 62.6 Å². The van der Waals surface area contributed by atoms with E-state index in [2.05, 4.69) is 20.7 Å². The Morgan fingerprint density at radius 2 is 1.92 bits per heavy atom. The van der Waals surface area contributed by atoms with E-state index in [-0.39, 0.29) is 15.7 Å². The number of rotatable bonds is 10. The van der Waals surface area contributed by atoms with Gasteiger partial charge in [-0.05, 0) is 0 Å². The van der Waals surface area contributed by atoms with Gasteiger partial charge in [-0.25, -0.2) is 0 Å². The maximum absolute atomic E-state index is 12.9. The van der Waals surface area contributed by atoms with Crippen LogP contribution in [-0.4, -0.2) is 85.5 Å². The van der Waals surface area contributed by atoms with E-state index in [0.29, 0.717) is 26.2 Å². The zero-order valence-corrected chi connectivity index (χ0v) is 24.6. The molecule has 0 spiro atoms. The van der Waals surface area contributed by atoms with Gasteiger partial charge < -0.3 is 0 Å². The first-order valence-corrected chi connectivity index (χ1v) is 15.7. The van der Waals surface area contributed by atoms with Crippen LogP contribution in [-0.2, 0) is 11.0 Å². The molecule has 1 saturated carbocycles. The van der Waals surface area contributed by atoms with E-state index in [0.717, 1.165) is 28.9 Å². The summed E-state index contributed by atoms with van der Waals surface area (Å²) in [6.07, 6.45) is 2.08. The second-order valence-corrected chi connectivity index (χ2v) is 13.7. The molecule has 1 atom stereocenters. The number of halogens is 2. The predicted octanol–water partition coefficient (Wildman–Crippen LogP) is 3.48. The number of nitriles is 1. The fourth-order valence-corrected chi connectivity index (χ4v) is 6.82. The van der Waals surface area contributed by atoms with Crippen molar-refractivity contribution < 1.29 is 13.0 Å². The number of hydrogen-bond acceptors (Lipinski definition) is 8. The van der Waals surface area contributed by atoms with E-state index in [4.69, 9.17) is 10.8 Å². The van der Waals surface area contributed by atoms with Gasteiger partial charge in [0.15, 0.2) is 0 Å². The first kappa shape index (κ1) is 29.7. The molecule has 14 heteroatoms. The quantitative estimate of drug-likeness (QED) is 0.213. The summed E-state index contributed by atoms with van der Waals surface area (Å²) in [5.74, 6) is 0.232. The first-order chi connectivity index (χ1) is 17.6. The molecular formula is C23H32F2N8OS2Se. The van der Waals surface area contributed by atoms with Crippen molar-refractivity contribution in [3.8, 4) is 6.07 Å². The molecule has 3 N–H and O–H groups in total. The summed E-state index contributed by atoms with van der Waals surface area (Å²) in [6.45, 7) is 10.4. The topological polar surface area (TPSA) is 124 Å².